The van der Waals surface area contributed by atoms with Gasteiger partial charge in [-0.2, -0.15) is 0 Å². The van der Waals surface area contributed by atoms with E-state index in [0.29, 0.717) is 30.6 Å². The van der Waals surface area contributed by atoms with E-state index in [4.69, 9.17) is 0 Å². The Morgan fingerprint density at radius 2 is 1.83 bits per heavy atom. The molecule has 0 saturated heterocycles. The highest BCUT2D eigenvalue weighted by molar-refractivity contribution is 6.01. The van der Waals surface area contributed by atoms with Crippen molar-refractivity contribution >= 4 is 11.8 Å². The summed E-state index contributed by atoms with van der Waals surface area (Å²) in [5, 5.41) is 12.6. The van der Waals surface area contributed by atoms with Crippen molar-refractivity contribution < 1.29 is 19.1 Å². The number of amides is 2. The number of nitrogens with one attached hydrogen (secondary N) is 1. The Hall–Kier alpha value is -3.58. The van der Waals surface area contributed by atoms with E-state index < -0.39 is 12.0 Å². The quantitative estimate of drug-likeness (QED) is 0.499. The molecule has 2 heterocycles. The van der Waals surface area contributed by atoms with E-state index in [2.05, 4.69) is 16.4 Å². The Morgan fingerprint density at radius 3 is 2.50 bits per heavy atom. The maximum Gasteiger partial charge on any atom is 0.256 e. The first-order chi connectivity index (χ1) is 17.3. The van der Waals surface area contributed by atoms with Crippen LogP contribution in [-0.2, 0) is 11.3 Å². The number of halogens is 1. The van der Waals surface area contributed by atoms with Crippen molar-refractivity contribution in [2.75, 3.05) is 13.2 Å². The average molecular weight is 490 g/mol. The van der Waals surface area contributed by atoms with Gasteiger partial charge >= 0.3 is 0 Å². The predicted molar refractivity (Wildman–Crippen MR) is 136 cm³/mol. The van der Waals surface area contributed by atoms with Crippen LogP contribution in [0.5, 0.6) is 0 Å². The number of aliphatic hydroxyl groups is 1. The van der Waals surface area contributed by atoms with Crippen molar-refractivity contribution in [2.24, 2.45) is 5.92 Å². The van der Waals surface area contributed by atoms with Crippen LogP contribution in [0.3, 0.4) is 0 Å². The Balaban J connectivity index is 1.74. The number of aryl methyl sites for hydroxylation is 2. The van der Waals surface area contributed by atoms with Gasteiger partial charge in [0.15, 0.2) is 0 Å². The number of aliphatic hydroxyl groups excluding tert-OH is 1. The van der Waals surface area contributed by atoms with Crippen LogP contribution in [0.4, 0.5) is 4.39 Å². The van der Waals surface area contributed by atoms with Crippen LogP contribution in [0.15, 0.2) is 60.9 Å². The van der Waals surface area contributed by atoms with Crippen molar-refractivity contribution in [3.05, 3.63) is 100 Å². The van der Waals surface area contributed by atoms with Crippen LogP contribution < -0.4 is 5.32 Å². The fourth-order valence-electron chi connectivity index (χ4n) is 4.97. The summed E-state index contributed by atoms with van der Waals surface area (Å²) in [5.74, 6) is -1.45. The van der Waals surface area contributed by atoms with Gasteiger partial charge in [0.05, 0.1) is 5.56 Å². The van der Waals surface area contributed by atoms with E-state index in [1.54, 1.807) is 29.3 Å². The topological polar surface area (TPSA) is 82.5 Å². The monoisotopic (exact) mass is 489 g/mol. The first-order valence-electron chi connectivity index (χ1n) is 12.2. The minimum Gasteiger partial charge on any atom is -0.396 e. The van der Waals surface area contributed by atoms with Crippen molar-refractivity contribution in [3.8, 4) is 0 Å². The minimum absolute atomic E-state index is 0.00879. The molecule has 3 atom stereocenters. The number of pyridine rings is 1. The number of rotatable bonds is 8. The zero-order valence-electron chi connectivity index (χ0n) is 20.9. The number of fused-ring (bicyclic) bond motifs is 1. The molecule has 2 N–H and O–H groups in total. The van der Waals surface area contributed by atoms with Crippen molar-refractivity contribution in [1.82, 2.24) is 15.2 Å². The first kappa shape index (κ1) is 25.5. The molecule has 0 radical (unpaired) electrons. The summed E-state index contributed by atoms with van der Waals surface area (Å²) in [6.45, 7) is 6.54. The summed E-state index contributed by atoms with van der Waals surface area (Å²) < 4.78 is 13.8. The summed E-state index contributed by atoms with van der Waals surface area (Å²) in [6, 6.07) is 13.1. The number of aromatic nitrogens is 1. The molecule has 3 aromatic rings. The van der Waals surface area contributed by atoms with Gasteiger partial charge in [-0.15, -0.1) is 0 Å². The van der Waals surface area contributed by atoms with Crippen LogP contribution in [0.25, 0.3) is 0 Å². The zero-order valence-corrected chi connectivity index (χ0v) is 20.9. The number of carbonyl (C=O) groups excluding carboxylic acids is 2. The molecule has 2 aromatic carbocycles. The number of carbonyl (C=O) groups is 2. The highest BCUT2D eigenvalue weighted by Crippen LogP contribution is 2.38. The zero-order chi connectivity index (χ0) is 25.8. The van der Waals surface area contributed by atoms with Crippen LogP contribution in [-0.4, -0.2) is 46.0 Å². The molecule has 36 heavy (non-hydrogen) atoms. The summed E-state index contributed by atoms with van der Waals surface area (Å²) in [4.78, 5) is 33.2. The van der Waals surface area contributed by atoms with Gasteiger partial charge in [-0.3, -0.25) is 14.6 Å². The predicted octanol–water partition coefficient (Wildman–Crippen LogP) is 4.13. The van der Waals surface area contributed by atoms with Gasteiger partial charge in [-0.05, 0) is 61.1 Å². The maximum absolute atomic E-state index is 13.8. The molecule has 2 amide bonds. The molecule has 0 spiro atoms. The van der Waals surface area contributed by atoms with Gasteiger partial charge in [-0.25, -0.2) is 4.39 Å². The standard InChI is InChI=1S/C29H32FN3O3/c1-18(17-34)9-11-33-27(28(35)32-15-21-13-19(2)12-20(3)14-21)26(22-4-6-23(30)7-5-22)24-8-10-31-16-25(24)29(33)36/h4-8,10,12-14,16,18,26-27,34H,9,11,15,17H2,1-3H3,(H,32,35)/t18?,26?,27-/m1/s1. The highest BCUT2D eigenvalue weighted by atomic mass is 19.1. The van der Waals surface area contributed by atoms with Gasteiger partial charge in [0.25, 0.3) is 5.91 Å². The van der Waals surface area contributed by atoms with Gasteiger partial charge in [0.2, 0.25) is 5.91 Å². The smallest absolute Gasteiger partial charge is 0.256 e. The Labute approximate surface area is 211 Å². The second-order valence-electron chi connectivity index (χ2n) is 9.73. The normalized spacial score (nSPS) is 18.0. The molecule has 0 saturated carbocycles. The summed E-state index contributed by atoms with van der Waals surface area (Å²) >= 11 is 0. The fourth-order valence-corrected chi connectivity index (χ4v) is 4.97. The summed E-state index contributed by atoms with van der Waals surface area (Å²) in [7, 11) is 0. The number of hydrogen-bond acceptors (Lipinski definition) is 4. The molecule has 2 unspecified atom stereocenters. The lowest BCUT2D eigenvalue weighted by Crippen LogP contribution is -2.56. The third-order valence-corrected chi connectivity index (χ3v) is 6.75. The second kappa shape index (κ2) is 11.0. The van der Waals surface area contributed by atoms with E-state index in [0.717, 1.165) is 22.3 Å². The number of hydrogen-bond donors (Lipinski definition) is 2. The SMILES string of the molecule is Cc1cc(C)cc(CNC(=O)[C@H]2C(c3ccc(F)cc3)c3ccncc3C(=O)N2CCC(C)CO)c1. The summed E-state index contributed by atoms with van der Waals surface area (Å²) in [5.41, 5.74) is 5.06. The largest absolute Gasteiger partial charge is 0.396 e. The van der Waals surface area contributed by atoms with E-state index >= 15 is 0 Å². The third kappa shape index (κ3) is 5.46. The van der Waals surface area contributed by atoms with Crippen LogP contribution >= 0.6 is 0 Å². The van der Waals surface area contributed by atoms with Crippen molar-refractivity contribution in [2.45, 2.75) is 45.7 Å². The molecule has 7 heteroatoms. The second-order valence-corrected chi connectivity index (χ2v) is 9.73. The number of benzene rings is 2. The molecule has 1 aromatic heterocycles. The molecular formula is C29H32FN3O3. The number of nitrogens with zero attached hydrogens (tertiary/aromatic N) is 2. The van der Waals surface area contributed by atoms with E-state index in [-0.39, 0.29) is 30.2 Å². The van der Waals surface area contributed by atoms with E-state index in [1.807, 2.05) is 32.9 Å². The van der Waals surface area contributed by atoms with E-state index in [9.17, 15) is 19.1 Å². The fraction of sp³-hybridized carbons (Fsp3) is 0.345. The van der Waals surface area contributed by atoms with Gasteiger partial charge < -0.3 is 15.3 Å². The van der Waals surface area contributed by atoms with Gasteiger partial charge in [0, 0.05) is 38.0 Å². The molecule has 0 bridgehead atoms. The molecule has 6 nitrogen and oxygen atoms in total. The third-order valence-electron chi connectivity index (χ3n) is 6.75. The molecule has 0 aliphatic carbocycles. The maximum atomic E-state index is 13.8. The van der Waals surface area contributed by atoms with Crippen LogP contribution in [0.1, 0.15) is 57.4 Å². The molecular weight excluding hydrogens is 457 g/mol. The molecule has 1 aliphatic rings. The first-order valence-corrected chi connectivity index (χ1v) is 12.2. The Bertz CT molecular complexity index is 1220. The van der Waals surface area contributed by atoms with Gasteiger partial charge in [-0.1, -0.05) is 48.4 Å². The lowest BCUT2D eigenvalue weighted by Gasteiger charge is -2.41. The van der Waals surface area contributed by atoms with E-state index in [1.165, 1.54) is 18.3 Å². The lowest BCUT2D eigenvalue weighted by molar-refractivity contribution is -0.126. The summed E-state index contributed by atoms with van der Waals surface area (Å²) in [6.07, 6.45) is 3.67. The average Bonchev–Trinajstić information content (AvgIpc) is 2.86. The Kier molecular flexibility index (Phi) is 7.79. The van der Waals surface area contributed by atoms with Crippen molar-refractivity contribution in [1.29, 1.82) is 0 Å². The highest BCUT2D eigenvalue weighted by Gasteiger charge is 2.44. The lowest BCUT2D eigenvalue weighted by atomic mass is 9.78. The molecule has 188 valence electrons. The molecule has 0 fully saturated rings. The Morgan fingerprint density at radius 1 is 1.14 bits per heavy atom. The van der Waals surface area contributed by atoms with Crippen LogP contribution in [0.2, 0.25) is 0 Å². The van der Waals surface area contributed by atoms with Crippen LogP contribution in [0, 0.1) is 25.6 Å². The van der Waals surface area contributed by atoms with Gasteiger partial charge in [0.1, 0.15) is 11.9 Å². The van der Waals surface area contributed by atoms with Crippen molar-refractivity contribution in [3.63, 3.8) is 0 Å². The minimum atomic E-state index is -0.838. The molecule has 1 aliphatic heterocycles. The molecule has 4 rings (SSSR count).